The van der Waals surface area contributed by atoms with Crippen molar-refractivity contribution in [2.75, 3.05) is 31.1 Å². The van der Waals surface area contributed by atoms with Crippen LogP contribution in [0.1, 0.15) is 34.8 Å². The van der Waals surface area contributed by atoms with Crippen molar-refractivity contribution in [2.24, 2.45) is 0 Å². The molecule has 1 amide bonds. The van der Waals surface area contributed by atoms with Crippen LogP contribution in [0.25, 0.3) is 10.9 Å². The average molecular weight is 402 g/mol. The molecular formula is C24H23FN4O. The molecule has 30 heavy (non-hydrogen) atoms. The van der Waals surface area contributed by atoms with Gasteiger partial charge in [0.25, 0.3) is 5.91 Å². The highest BCUT2D eigenvalue weighted by Gasteiger charge is 2.23. The van der Waals surface area contributed by atoms with Crippen molar-refractivity contribution < 1.29 is 9.18 Å². The van der Waals surface area contributed by atoms with Gasteiger partial charge in [-0.1, -0.05) is 13.0 Å². The molecule has 1 aliphatic rings. The molecule has 0 aliphatic carbocycles. The molecule has 1 saturated heterocycles. The molecule has 152 valence electrons. The Bertz CT molecular complexity index is 1120. The molecule has 0 N–H and O–H groups in total. The van der Waals surface area contributed by atoms with Gasteiger partial charge < -0.3 is 9.80 Å². The molecule has 2 aromatic carbocycles. The molecule has 0 radical (unpaired) electrons. The summed E-state index contributed by atoms with van der Waals surface area (Å²) in [6.45, 7) is 4.54. The van der Waals surface area contributed by atoms with Crippen molar-refractivity contribution in [3.63, 3.8) is 0 Å². The van der Waals surface area contributed by atoms with Crippen molar-refractivity contribution in [3.8, 4) is 6.07 Å². The molecule has 1 aliphatic heterocycles. The molecular weight excluding hydrogens is 379 g/mol. The van der Waals surface area contributed by atoms with E-state index in [1.165, 1.54) is 29.8 Å². The highest BCUT2D eigenvalue weighted by atomic mass is 19.1. The van der Waals surface area contributed by atoms with Gasteiger partial charge >= 0.3 is 0 Å². The van der Waals surface area contributed by atoms with Crippen molar-refractivity contribution in [1.29, 1.82) is 5.26 Å². The van der Waals surface area contributed by atoms with Crippen LogP contribution < -0.4 is 4.90 Å². The Balaban J connectivity index is 1.56. The highest BCUT2D eigenvalue weighted by molar-refractivity contribution is 5.94. The lowest BCUT2D eigenvalue weighted by Gasteiger charge is -2.24. The third kappa shape index (κ3) is 3.97. The van der Waals surface area contributed by atoms with Gasteiger partial charge in [-0.05, 0) is 60.9 Å². The van der Waals surface area contributed by atoms with E-state index in [4.69, 9.17) is 4.98 Å². The maximum absolute atomic E-state index is 13.2. The summed E-state index contributed by atoms with van der Waals surface area (Å²) in [5, 5.41) is 10.7. The normalized spacial score (nSPS) is 14.4. The monoisotopic (exact) mass is 402 g/mol. The number of hydrogen-bond donors (Lipinski definition) is 0. The summed E-state index contributed by atoms with van der Waals surface area (Å²) in [5.74, 6) is 0.215. The van der Waals surface area contributed by atoms with E-state index in [9.17, 15) is 14.4 Å². The van der Waals surface area contributed by atoms with Crippen LogP contribution in [-0.4, -0.2) is 42.0 Å². The van der Waals surface area contributed by atoms with E-state index in [0.29, 0.717) is 43.1 Å². The van der Waals surface area contributed by atoms with E-state index in [1.54, 1.807) is 4.90 Å². The molecule has 4 rings (SSSR count). The number of carbonyl (C=O) groups is 1. The molecule has 3 aromatic rings. The van der Waals surface area contributed by atoms with E-state index in [2.05, 4.69) is 30.0 Å². The maximum atomic E-state index is 13.2. The molecule has 1 aromatic heterocycles. The minimum Gasteiger partial charge on any atom is -0.354 e. The summed E-state index contributed by atoms with van der Waals surface area (Å²) >= 11 is 0. The molecule has 0 atom stereocenters. The first-order chi connectivity index (χ1) is 14.6. The number of carbonyl (C=O) groups excluding carboxylic acids is 1. The van der Waals surface area contributed by atoms with Gasteiger partial charge in [0.05, 0.1) is 11.1 Å². The number of amides is 1. The Morgan fingerprint density at radius 1 is 1.10 bits per heavy atom. The Morgan fingerprint density at radius 3 is 2.63 bits per heavy atom. The van der Waals surface area contributed by atoms with Gasteiger partial charge in [0.15, 0.2) is 0 Å². The largest absolute Gasteiger partial charge is 0.354 e. The minimum absolute atomic E-state index is 0.101. The SMILES string of the molecule is CCc1ccc2nc(N3CCCN(C(=O)c4ccc(F)cc4)CC3)c(C#N)cc2c1. The van der Waals surface area contributed by atoms with Gasteiger partial charge in [0.1, 0.15) is 17.7 Å². The molecule has 0 unspecified atom stereocenters. The summed E-state index contributed by atoms with van der Waals surface area (Å²) < 4.78 is 13.2. The first kappa shape index (κ1) is 19.8. The van der Waals surface area contributed by atoms with Crippen LogP contribution in [0.2, 0.25) is 0 Å². The van der Waals surface area contributed by atoms with Gasteiger partial charge in [-0.25, -0.2) is 9.37 Å². The Kier molecular flexibility index (Phi) is 5.62. The Labute approximate surface area is 175 Å². The number of halogens is 1. The third-order valence-electron chi connectivity index (χ3n) is 5.56. The molecule has 5 nitrogen and oxygen atoms in total. The van der Waals surface area contributed by atoms with Crippen LogP contribution in [0.5, 0.6) is 0 Å². The fourth-order valence-electron chi connectivity index (χ4n) is 3.87. The number of nitriles is 1. The highest BCUT2D eigenvalue weighted by Crippen LogP contribution is 2.25. The summed E-state index contributed by atoms with van der Waals surface area (Å²) in [6, 6.07) is 16.0. The molecule has 1 fully saturated rings. The van der Waals surface area contributed by atoms with Gasteiger partial charge in [-0.15, -0.1) is 0 Å². The van der Waals surface area contributed by atoms with E-state index in [0.717, 1.165) is 23.7 Å². The molecule has 0 saturated carbocycles. The number of aryl methyl sites for hydroxylation is 1. The fraction of sp³-hybridized carbons (Fsp3) is 0.292. The lowest BCUT2D eigenvalue weighted by molar-refractivity contribution is 0.0767. The van der Waals surface area contributed by atoms with E-state index < -0.39 is 0 Å². The summed E-state index contributed by atoms with van der Waals surface area (Å²) in [5.41, 5.74) is 3.11. The summed E-state index contributed by atoms with van der Waals surface area (Å²) in [7, 11) is 0. The van der Waals surface area contributed by atoms with Crippen LogP contribution in [0.3, 0.4) is 0 Å². The summed E-state index contributed by atoms with van der Waals surface area (Å²) in [4.78, 5) is 21.4. The Morgan fingerprint density at radius 2 is 1.90 bits per heavy atom. The van der Waals surface area contributed by atoms with Crippen LogP contribution in [0.15, 0.2) is 48.5 Å². The van der Waals surface area contributed by atoms with E-state index in [1.807, 2.05) is 12.1 Å². The zero-order valence-corrected chi connectivity index (χ0v) is 16.9. The lowest BCUT2D eigenvalue weighted by Crippen LogP contribution is -2.35. The number of hydrogen-bond acceptors (Lipinski definition) is 4. The smallest absolute Gasteiger partial charge is 0.253 e. The van der Waals surface area contributed by atoms with Crippen LogP contribution in [0.4, 0.5) is 10.2 Å². The zero-order valence-electron chi connectivity index (χ0n) is 16.9. The number of anilines is 1. The Hall–Kier alpha value is -3.46. The first-order valence-corrected chi connectivity index (χ1v) is 10.2. The first-order valence-electron chi connectivity index (χ1n) is 10.2. The second-order valence-electron chi connectivity index (χ2n) is 7.49. The van der Waals surface area contributed by atoms with Crippen LogP contribution in [-0.2, 0) is 6.42 Å². The zero-order chi connectivity index (χ0) is 21.1. The number of fused-ring (bicyclic) bond motifs is 1. The van der Waals surface area contributed by atoms with Crippen molar-refractivity contribution >= 4 is 22.6 Å². The molecule has 6 heteroatoms. The average Bonchev–Trinajstić information content (AvgIpc) is 3.04. The number of pyridine rings is 1. The second-order valence-corrected chi connectivity index (χ2v) is 7.49. The standard InChI is InChI=1S/C24H23FN4O/c1-2-17-4-9-22-19(14-17)15-20(16-26)23(27-22)28-10-3-11-29(13-12-28)24(30)18-5-7-21(25)8-6-18/h4-9,14-15H,2-3,10-13H2,1H3. The van der Waals surface area contributed by atoms with Crippen LogP contribution in [0, 0.1) is 17.1 Å². The van der Waals surface area contributed by atoms with E-state index >= 15 is 0 Å². The number of benzene rings is 2. The fourth-order valence-corrected chi connectivity index (χ4v) is 3.87. The lowest BCUT2D eigenvalue weighted by atomic mass is 10.1. The number of rotatable bonds is 3. The summed E-state index contributed by atoms with van der Waals surface area (Å²) in [6.07, 6.45) is 1.70. The van der Waals surface area contributed by atoms with Gasteiger partial charge in [0.2, 0.25) is 0 Å². The maximum Gasteiger partial charge on any atom is 0.253 e. The minimum atomic E-state index is -0.355. The predicted molar refractivity (Wildman–Crippen MR) is 115 cm³/mol. The predicted octanol–water partition coefficient (Wildman–Crippen LogP) is 4.16. The van der Waals surface area contributed by atoms with Gasteiger partial charge in [-0.3, -0.25) is 4.79 Å². The molecule has 0 spiro atoms. The van der Waals surface area contributed by atoms with Crippen LogP contribution >= 0.6 is 0 Å². The van der Waals surface area contributed by atoms with Crippen molar-refractivity contribution in [3.05, 3.63) is 71.0 Å². The van der Waals surface area contributed by atoms with Crippen molar-refractivity contribution in [2.45, 2.75) is 19.8 Å². The molecule has 0 bridgehead atoms. The topological polar surface area (TPSA) is 60.2 Å². The number of nitrogens with zero attached hydrogens (tertiary/aromatic N) is 4. The number of aromatic nitrogens is 1. The molecule has 2 heterocycles. The van der Waals surface area contributed by atoms with Crippen molar-refractivity contribution in [1.82, 2.24) is 9.88 Å². The van der Waals surface area contributed by atoms with Gasteiger partial charge in [-0.2, -0.15) is 5.26 Å². The second kappa shape index (κ2) is 8.50. The quantitative estimate of drug-likeness (QED) is 0.660. The third-order valence-corrected chi connectivity index (χ3v) is 5.56. The van der Waals surface area contributed by atoms with Gasteiger partial charge in [0, 0.05) is 37.1 Å². The van der Waals surface area contributed by atoms with E-state index in [-0.39, 0.29) is 11.7 Å².